The standard InChI is InChI=1S/C77H116O6/c1-4-7-10-13-16-19-22-25-28-31-34-35-36-37-38-39-40-41-44-46-49-52-55-58-61-64-67-70-76(79)82-73-74(83-77(80)71-68-65-62-59-56-53-50-47-43-33-30-27-24-21-18-15-12-9-6-3)72-81-75(78)69-66-63-60-57-54-51-48-45-42-32-29-26-23-20-17-14-11-8-5-2/h7-12,16-21,25-30,34-35,37-38,42-43,45,47,51,53-54,56,60,62-63,65,74H,4-6,13-15,22-24,31-33,36,39-41,44,46,48-50,52,55,57-59,61,64,66-73H2,1-3H3/b10-7-,11-8-,12-9-,19-16-,20-17-,21-18-,28-25-,29-26-,30-27-,35-34-,38-37-,45-42-,47-43-,54-51-,56-53-,63-60-,65-62-. The maximum absolute atomic E-state index is 12.9. The topological polar surface area (TPSA) is 78.9 Å². The second-order valence-electron chi connectivity index (χ2n) is 20.5. The zero-order valence-corrected chi connectivity index (χ0v) is 52.6. The fourth-order valence-corrected chi connectivity index (χ4v) is 8.05. The summed E-state index contributed by atoms with van der Waals surface area (Å²) in [5.74, 6) is -1.13. The third-order valence-electron chi connectivity index (χ3n) is 12.8. The number of esters is 3. The van der Waals surface area contributed by atoms with Gasteiger partial charge in [-0.15, -0.1) is 0 Å². The highest BCUT2D eigenvalue weighted by atomic mass is 16.6. The SMILES string of the molecule is CC/C=C\C/C=C\C/C=C\C/C=C\C/C=C\C/C=C\CCC(=O)OCC(COC(=O)CCCCCCCCCCCCC/C=C\C/C=C\C/C=C\C/C=C\C/C=C\CC)OC(=O)CC/C=C\C/C=C\C/C=C\C/C=C\C/C=C\C/C=C\CC. The molecule has 83 heavy (non-hydrogen) atoms. The summed E-state index contributed by atoms with van der Waals surface area (Å²) in [6.07, 6.45) is 106. The molecule has 1 atom stereocenters. The van der Waals surface area contributed by atoms with E-state index < -0.39 is 12.1 Å². The molecule has 6 nitrogen and oxygen atoms in total. The normalized spacial score (nSPS) is 13.5. The first-order chi connectivity index (χ1) is 41.0. The van der Waals surface area contributed by atoms with Crippen molar-refractivity contribution in [3.05, 3.63) is 207 Å². The molecule has 0 aliphatic carbocycles. The Labute approximate surface area is 509 Å². The molecule has 0 N–H and O–H groups in total. The third kappa shape index (κ3) is 66.7. The van der Waals surface area contributed by atoms with Gasteiger partial charge in [-0.25, -0.2) is 0 Å². The summed E-state index contributed by atoms with van der Waals surface area (Å²) in [4.78, 5) is 38.3. The predicted molar refractivity (Wildman–Crippen MR) is 361 cm³/mol. The average molecular weight is 1140 g/mol. The number of hydrogen-bond donors (Lipinski definition) is 0. The molecule has 0 saturated heterocycles. The van der Waals surface area contributed by atoms with Gasteiger partial charge in [-0.3, -0.25) is 14.4 Å². The molecule has 6 heteroatoms. The van der Waals surface area contributed by atoms with Crippen molar-refractivity contribution >= 4 is 17.9 Å². The smallest absolute Gasteiger partial charge is 0.306 e. The van der Waals surface area contributed by atoms with Crippen LogP contribution in [0.2, 0.25) is 0 Å². The van der Waals surface area contributed by atoms with Gasteiger partial charge in [-0.1, -0.05) is 285 Å². The van der Waals surface area contributed by atoms with Crippen molar-refractivity contribution in [3.8, 4) is 0 Å². The molecule has 460 valence electrons. The number of carbonyl (C=O) groups is 3. The molecule has 0 aromatic heterocycles. The van der Waals surface area contributed by atoms with Gasteiger partial charge in [-0.2, -0.15) is 0 Å². The average Bonchev–Trinajstić information content (AvgIpc) is 3.50. The predicted octanol–water partition coefficient (Wildman–Crippen LogP) is 22.8. The third-order valence-corrected chi connectivity index (χ3v) is 12.8. The Balaban J connectivity index is 4.57. The first-order valence-corrected chi connectivity index (χ1v) is 32.6. The van der Waals surface area contributed by atoms with E-state index in [2.05, 4.69) is 203 Å². The fourth-order valence-electron chi connectivity index (χ4n) is 8.05. The first-order valence-electron chi connectivity index (χ1n) is 32.6. The molecular formula is C77H116O6. The molecule has 0 spiro atoms. The van der Waals surface area contributed by atoms with Crippen molar-refractivity contribution < 1.29 is 28.6 Å². The minimum absolute atomic E-state index is 0.145. The fraction of sp³-hybridized carbons (Fsp3) is 0.519. The minimum atomic E-state index is -0.865. The summed E-state index contributed by atoms with van der Waals surface area (Å²) in [7, 11) is 0. The molecular weight excluding hydrogens is 1020 g/mol. The van der Waals surface area contributed by atoms with Crippen LogP contribution in [0.3, 0.4) is 0 Å². The Kier molecular flexibility index (Phi) is 63.5. The van der Waals surface area contributed by atoms with Crippen LogP contribution >= 0.6 is 0 Å². The molecule has 0 saturated carbocycles. The van der Waals surface area contributed by atoms with Crippen LogP contribution in [0, 0.1) is 0 Å². The molecule has 0 rings (SSSR count). The van der Waals surface area contributed by atoms with E-state index >= 15 is 0 Å². The zero-order valence-electron chi connectivity index (χ0n) is 52.6. The Morgan fingerprint density at radius 2 is 0.458 bits per heavy atom. The maximum Gasteiger partial charge on any atom is 0.306 e. The van der Waals surface area contributed by atoms with Crippen LogP contribution in [-0.2, 0) is 28.6 Å². The van der Waals surface area contributed by atoms with E-state index in [0.717, 1.165) is 128 Å². The van der Waals surface area contributed by atoms with E-state index in [0.29, 0.717) is 19.3 Å². The van der Waals surface area contributed by atoms with Crippen molar-refractivity contribution in [1.82, 2.24) is 0 Å². The highest BCUT2D eigenvalue weighted by molar-refractivity contribution is 5.71. The van der Waals surface area contributed by atoms with E-state index in [4.69, 9.17) is 14.2 Å². The van der Waals surface area contributed by atoms with E-state index in [-0.39, 0.29) is 38.0 Å². The molecule has 0 aromatic carbocycles. The highest BCUT2D eigenvalue weighted by Crippen LogP contribution is 2.14. The Morgan fingerprint density at radius 1 is 0.241 bits per heavy atom. The van der Waals surface area contributed by atoms with E-state index in [9.17, 15) is 14.4 Å². The van der Waals surface area contributed by atoms with Gasteiger partial charge in [0.25, 0.3) is 0 Å². The van der Waals surface area contributed by atoms with Crippen molar-refractivity contribution in [1.29, 1.82) is 0 Å². The molecule has 0 amide bonds. The Hall–Kier alpha value is -6.01. The highest BCUT2D eigenvalue weighted by Gasteiger charge is 2.19. The summed E-state index contributed by atoms with van der Waals surface area (Å²) in [6, 6.07) is 0. The first kappa shape index (κ1) is 77.0. The van der Waals surface area contributed by atoms with Crippen LogP contribution in [0.4, 0.5) is 0 Å². The molecule has 1 unspecified atom stereocenters. The number of unbranched alkanes of at least 4 members (excludes halogenated alkanes) is 11. The van der Waals surface area contributed by atoms with Crippen LogP contribution in [0.25, 0.3) is 0 Å². The summed E-state index contributed by atoms with van der Waals surface area (Å²) in [5.41, 5.74) is 0. The Morgan fingerprint density at radius 3 is 0.747 bits per heavy atom. The summed E-state index contributed by atoms with van der Waals surface area (Å²) in [5, 5.41) is 0. The van der Waals surface area contributed by atoms with Crippen molar-refractivity contribution in [2.45, 2.75) is 245 Å². The molecule has 0 bridgehead atoms. The van der Waals surface area contributed by atoms with Gasteiger partial charge in [-0.05, 0) is 141 Å². The summed E-state index contributed by atoms with van der Waals surface area (Å²) < 4.78 is 16.8. The maximum atomic E-state index is 12.9. The molecule has 0 aromatic rings. The lowest BCUT2D eigenvalue weighted by atomic mass is 10.0. The van der Waals surface area contributed by atoms with Crippen LogP contribution in [-0.4, -0.2) is 37.2 Å². The van der Waals surface area contributed by atoms with Crippen LogP contribution in [0.1, 0.15) is 239 Å². The van der Waals surface area contributed by atoms with Gasteiger partial charge in [0.15, 0.2) is 6.10 Å². The largest absolute Gasteiger partial charge is 0.462 e. The van der Waals surface area contributed by atoms with Gasteiger partial charge >= 0.3 is 17.9 Å². The van der Waals surface area contributed by atoms with Gasteiger partial charge in [0, 0.05) is 19.3 Å². The quantitative estimate of drug-likeness (QED) is 0.0261. The zero-order chi connectivity index (χ0) is 59.9. The van der Waals surface area contributed by atoms with E-state index in [1.165, 1.54) is 57.8 Å². The van der Waals surface area contributed by atoms with Gasteiger partial charge < -0.3 is 14.2 Å². The van der Waals surface area contributed by atoms with Gasteiger partial charge in [0.05, 0.1) is 0 Å². The summed E-state index contributed by atoms with van der Waals surface area (Å²) in [6.45, 7) is 6.16. The molecule has 0 heterocycles. The van der Waals surface area contributed by atoms with Gasteiger partial charge in [0.2, 0.25) is 0 Å². The molecule has 0 aliphatic heterocycles. The van der Waals surface area contributed by atoms with Crippen LogP contribution in [0.5, 0.6) is 0 Å². The van der Waals surface area contributed by atoms with E-state index in [1.54, 1.807) is 0 Å². The molecule has 0 radical (unpaired) electrons. The van der Waals surface area contributed by atoms with Crippen molar-refractivity contribution in [3.63, 3.8) is 0 Å². The molecule has 0 aliphatic rings. The number of allylic oxidation sites excluding steroid dienone is 34. The lowest BCUT2D eigenvalue weighted by Gasteiger charge is -2.18. The van der Waals surface area contributed by atoms with Crippen LogP contribution in [0.15, 0.2) is 207 Å². The monoisotopic (exact) mass is 1140 g/mol. The summed E-state index contributed by atoms with van der Waals surface area (Å²) >= 11 is 0. The minimum Gasteiger partial charge on any atom is -0.462 e. The van der Waals surface area contributed by atoms with Gasteiger partial charge in [0.1, 0.15) is 13.2 Å². The number of rotatable bonds is 56. The number of carbonyl (C=O) groups excluding carboxylic acids is 3. The molecule has 0 fully saturated rings. The lowest BCUT2D eigenvalue weighted by molar-refractivity contribution is -0.166. The Bertz CT molecular complexity index is 2030. The van der Waals surface area contributed by atoms with E-state index in [1.807, 2.05) is 24.3 Å². The second kappa shape index (κ2) is 68.5. The lowest BCUT2D eigenvalue weighted by Crippen LogP contribution is -2.30. The number of hydrogen-bond acceptors (Lipinski definition) is 6. The van der Waals surface area contributed by atoms with Crippen LogP contribution < -0.4 is 0 Å². The van der Waals surface area contributed by atoms with Crippen molar-refractivity contribution in [2.24, 2.45) is 0 Å². The second-order valence-corrected chi connectivity index (χ2v) is 20.5. The number of ether oxygens (including phenoxy) is 3. The van der Waals surface area contributed by atoms with Crippen molar-refractivity contribution in [2.75, 3.05) is 13.2 Å².